The van der Waals surface area contributed by atoms with Crippen molar-refractivity contribution in [3.8, 4) is 6.07 Å². The standard InChI is InChI=1S/C10H18N4O2/c1-12-6-9-7-14(4-5-16-9)8-10(15)13-3-2-11/h9,12H,3-8H2,1H3,(H,13,15). The summed E-state index contributed by atoms with van der Waals surface area (Å²) in [5, 5.41) is 13.9. The molecule has 16 heavy (non-hydrogen) atoms. The van der Waals surface area contributed by atoms with Gasteiger partial charge in [0.1, 0.15) is 6.54 Å². The van der Waals surface area contributed by atoms with Crippen LogP contribution in [0.4, 0.5) is 0 Å². The number of nitrogens with zero attached hydrogens (tertiary/aromatic N) is 2. The molecule has 2 N–H and O–H groups in total. The fourth-order valence-electron chi connectivity index (χ4n) is 1.67. The van der Waals surface area contributed by atoms with E-state index in [1.807, 2.05) is 18.0 Å². The first-order chi connectivity index (χ1) is 7.76. The van der Waals surface area contributed by atoms with Gasteiger partial charge in [0.2, 0.25) is 5.91 Å². The summed E-state index contributed by atoms with van der Waals surface area (Å²) in [7, 11) is 1.88. The fraction of sp³-hybridized carbons (Fsp3) is 0.800. The summed E-state index contributed by atoms with van der Waals surface area (Å²) in [5.41, 5.74) is 0. The van der Waals surface area contributed by atoms with Crippen molar-refractivity contribution in [2.75, 3.05) is 46.4 Å². The van der Waals surface area contributed by atoms with E-state index >= 15 is 0 Å². The minimum absolute atomic E-state index is 0.0725. The second-order valence-corrected chi connectivity index (χ2v) is 3.72. The topological polar surface area (TPSA) is 77.4 Å². The highest BCUT2D eigenvalue weighted by Crippen LogP contribution is 2.03. The lowest BCUT2D eigenvalue weighted by atomic mass is 10.2. The zero-order chi connectivity index (χ0) is 11.8. The van der Waals surface area contributed by atoms with E-state index in [-0.39, 0.29) is 18.6 Å². The van der Waals surface area contributed by atoms with E-state index in [0.717, 1.165) is 19.6 Å². The molecule has 1 heterocycles. The molecule has 0 aromatic carbocycles. The molecule has 1 aliphatic heterocycles. The minimum atomic E-state index is -0.105. The van der Waals surface area contributed by atoms with Gasteiger partial charge in [0.05, 0.1) is 25.3 Å². The Balaban J connectivity index is 2.26. The van der Waals surface area contributed by atoms with Crippen LogP contribution in [0.5, 0.6) is 0 Å². The van der Waals surface area contributed by atoms with Crippen LogP contribution in [0.25, 0.3) is 0 Å². The van der Waals surface area contributed by atoms with Crippen LogP contribution in [0, 0.1) is 11.3 Å². The first kappa shape index (κ1) is 12.9. The van der Waals surface area contributed by atoms with E-state index in [1.165, 1.54) is 0 Å². The quantitative estimate of drug-likeness (QED) is 0.561. The van der Waals surface area contributed by atoms with Crippen molar-refractivity contribution in [3.05, 3.63) is 0 Å². The smallest absolute Gasteiger partial charge is 0.235 e. The van der Waals surface area contributed by atoms with E-state index in [2.05, 4.69) is 10.6 Å². The van der Waals surface area contributed by atoms with Gasteiger partial charge in [0.25, 0.3) is 0 Å². The molecule has 1 aliphatic rings. The molecule has 0 aliphatic carbocycles. The summed E-state index contributed by atoms with van der Waals surface area (Å²) >= 11 is 0. The molecule has 1 amide bonds. The van der Waals surface area contributed by atoms with Gasteiger partial charge in [-0.25, -0.2) is 0 Å². The predicted molar refractivity (Wildman–Crippen MR) is 58.7 cm³/mol. The van der Waals surface area contributed by atoms with Crippen LogP contribution in [0.15, 0.2) is 0 Å². The Kier molecular flexibility index (Phi) is 5.78. The van der Waals surface area contributed by atoms with Gasteiger partial charge in [-0.2, -0.15) is 5.26 Å². The van der Waals surface area contributed by atoms with Crippen molar-refractivity contribution in [1.29, 1.82) is 5.26 Å². The zero-order valence-electron chi connectivity index (χ0n) is 9.53. The molecular weight excluding hydrogens is 208 g/mol. The van der Waals surface area contributed by atoms with Crippen molar-refractivity contribution in [3.63, 3.8) is 0 Å². The highest BCUT2D eigenvalue weighted by Gasteiger charge is 2.21. The molecule has 1 saturated heterocycles. The number of ether oxygens (including phenoxy) is 1. The second kappa shape index (κ2) is 7.17. The largest absolute Gasteiger partial charge is 0.374 e. The van der Waals surface area contributed by atoms with Crippen LogP contribution in [-0.4, -0.2) is 63.3 Å². The van der Waals surface area contributed by atoms with Gasteiger partial charge >= 0.3 is 0 Å². The molecule has 0 radical (unpaired) electrons. The maximum atomic E-state index is 11.4. The van der Waals surface area contributed by atoms with Gasteiger partial charge in [-0.3, -0.25) is 9.69 Å². The average molecular weight is 226 g/mol. The van der Waals surface area contributed by atoms with Crippen molar-refractivity contribution in [2.45, 2.75) is 6.10 Å². The number of carbonyl (C=O) groups is 1. The lowest BCUT2D eigenvalue weighted by Crippen LogP contribution is -2.49. The first-order valence-corrected chi connectivity index (χ1v) is 5.38. The number of hydrogen-bond acceptors (Lipinski definition) is 5. The number of nitriles is 1. The van der Waals surface area contributed by atoms with E-state index in [4.69, 9.17) is 10.00 Å². The number of nitrogens with one attached hydrogen (secondary N) is 2. The van der Waals surface area contributed by atoms with Crippen LogP contribution in [-0.2, 0) is 9.53 Å². The Morgan fingerprint density at radius 3 is 3.19 bits per heavy atom. The lowest BCUT2D eigenvalue weighted by Gasteiger charge is -2.32. The van der Waals surface area contributed by atoms with Crippen LogP contribution in [0.1, 0.15) is 0 Å². The van der Waals surface area contributed by atoms with E-state index in [1.54, 1.807) is 0 Å². The molecule has 90 valence electrons. The van der Waals surface area contributed by atoms with Gasteiger partial charge in [-0.1, -0.05) is 0 Å². The third-order valence-electron chi connectivity index (χ3n) is 2.39. The Hall–Kier alpha value is -1.16. The zero-order valence-corrected chi connectivity index (χ0v) is 9.53. The highest BCUT2D eigenvalue weighted by molar-refractivity contribution is 5.78. The maximum Gasteiger partial charge on any atom is 0.235 e. The number of morpholine rings is 1. The summed E-state index contributed by atoms with van der Waals surface area (Å²) in [6, 6.07) is 1.88. The molecule has 1 atom stereocenters. The Labute approximate surface area is 95.5 Å². The van der Waals surface area contributed by atoms with Gasteiger partial charge < -0.3 is 15.4 Å². The molecule has 0 saturated carbocycles. The molecule has 0 bridgehead atoms. The molecule has 1 rings (SSSR count). The minimum Gasteiger partial charge on any atom is -0.374 e. The molecule has 0 spiro atoms. The van der Waals surface area contributed by atoms with E-state index < -0.39 is 0 Å². The van der Waals surface area contributed by atoms with Crippen LogP contribution in [0.2, 0.25) is 0 Å². The SMILES string of the molecule is CNCC1CN(CC(=O)NCC#N)CCO1. The van der Waals surface area contributed by atoms with Crippen molar-refractivity contribution in [1.82, 2.24) is 15.5 Å². The summed E-state index contributed by atoms with van der Waals surface area (Å²) in [6.07, 6.45) is 0.141. The monoisotopic (exact) mass is 226 g/mol. The van der Waals surface area contributed by atoms with Gasteiger partial charge in [-0.15, -0.1) is 0 Å². The fourth-order valence-corrected chi connectivity index (χ4v) is 1.67. The predicted octanol–water partition coefficient (Wildman–Crippen LogP) is -1.45. The second-order valence-electron chi connectivity index (χ2n) is 3.72. The van der Waals surface area contributed by atoms with Crippen molar-refractivity contribution >= 4 is 5.91 Å². The summed E-state index contributed by atoms with van der Waals surface area (Å²) in [5.74, 6) is -0.105. The third-order valence-corrected chi connectivity index (χ3v) is 2.39. The molecule has 1 unspecified atom stereocenters. The number of likely N-dealkylation sites (N-methyl/N-ethyl adjacent to an activating group) is 1. The number of amides is 1. The molecule has 6 nitrogen and oxygen atoms in total. The first-order valence-electron chi connectivity index (χ1n) is 5.38. The highest BCUT2D eigenvalue weighted by atomic mass is 16.5. The third kappa shape index (κ3) is 4.57. The van der Waals surface area contributed by atoms with E-state index in [9.17, 15) is 4.79 Å². The number of rotatable bonds is 5. The molecule has 1 fully saturated rings. The van der Waals surface area contributed by atoms with Crippen LogP contribution < -0.4 is 10.6 Å². The average Bonchev–Trinajstić information content (AvgIpc) is 2.27. The van der Waals surface area contributed by atoms with Crippen molar-refractivity contribution in [2.24, 2.45) is 0 Å². The maximum absolute atomic E-state index is 11.4. The van der Waals surface area contributed by atoms with Gasteiger partial charge in [0.15, 0.2) is 0 Å². The Morgan fingerprint density at radius 1 is 1.69 bits per heavy atom. The Bertz CT molecular complexity index is 262. The van der Waals surface area contributed by atoms with Gasteiger partial charge in [0, 0.05) is 19.6 Å². The summed E-state index contributed by atoms with van der Waals surface area (Å²) < 4.78 is 5.52. The molecule has 0 aromatic rings. The van der Waals surface area contributed by atoms with Gasteiger partial charge in [-0.05, 0) is 7.05 Å². The van der Waals surface area contributed by atoms with E-state index in [0.29, 0.717) is 13.2 Å². The van der Waals surface area contributed by atoms with Crippen LogP contribution >= 0.6 is 0 Å². The summed E-state index contributed by atoms with van der Waals surface area (Å²) in [6.45, 7) is 3.36. The summed E-state index contributed by atoms with van der Waals surface area (Å²) in [4.78, 5) is 13.4. The number of hydrogen-bond donors (Lipinski definition) is 2. The molecule has 6 heteroatoms. The van der Waals surface area contributed by atoms with Crippen LogP contribution in [0.3, 0.4) is 0 Å². The van der Waals surface area contributed by atoms with Crippen molar-refractivity contribution < 1.29 is 9.53 Å². The Morgan fingerprint density at radius 2 is 2.50 bits per heavy atom. The lowest BCUT2D eigenvalue weighted by molar-refractivity contribution is -0.124. The molecule has 0 aromatic heterocycles. The molecular formula is C10H18N4O2. The normalized spacial score (nSPS) is 21.4. The number of carbonyl (C=O) groups excluding carboxylic acids is 1.